The molecule has 2 aliphatic rings. The normalized spacial score (nSPS) is 25.2. The van der Waals surface area contributed by atoms with Crippen molar-refractivity contribution in [2.45, 2.75) is 44.6 Å². The lowest BCUT2D eigenvalue weighted by Gasteiger charge is -2.29. The number of rotatable bonds is 2. The van der Waals surface area contributed by atoms with E-state index in [2.05, 4.69) is 5.32 Å². The van der Waals surface area contributed by atoms with Crippen LogP contribution in [0.2, 0.25) is 0 Å². The van der Waals surface area contributed by atoms with Gasteiger partial charge < -0.3 is 4.90 Å². The minimum absolute atomic E-state index is 0.159. The van der Waals surface area contributed by atoms with Gasteiger partial charge in [0, 0.05) is 12.6 Å². The van der Waals surface area contributed by atoms with E-state index in [0.717, 1.165) is 19.4 Å². The van der Waals surface area contributed by atoms with E-state index in [1.165, 1.54) is 25.7 Å². The van der Waals surface area contributed by atoms with Gasteiger partial charge in [-0.3, -0.25) is 10.1 Å². The minimum Gasteiger partial charge on any atom is -0.321 e. The first kappa shape index (κ1) is 12.7. The van der Waals surface area contributed by atoms with Crippen LogP contribution in [0, 0.1) is 5.92 Å². The maximum Gasteiger partial charge on any atom is 0.324 e. The summed E-state index contributed by atoms with van der Waals surface area (Å²) in [6.07, 6.45) is 7.11. The van der Waals surface area contributed by atoms with Gasteiger partial charge in [-0.1, -0.05) is 12.8 Å². The van der Waals surface area contributed by atoms with E-state index < -0.39 is 5.91 Å². The Labute approximate surface area is 107 Å². The SMILES string of the molecule is O=C(CCl)NC(=O)N1CCCC1C1CCCC1. The summed E-state index contributed by atoms with van der Waals surface area (Å²) < 4.78 is 0. The Morgan fingerprint density at radius 1 is 1.18 bits per heavy atom. The van der Waals surface area contributed by atoms with Crippen LogP contribution in [-0.2, 0) is 4.79 Å². The fraction of sp³-hybridized carbons (Fsp3) is 0.833. The Kier molecular flexibility index (Phi) is 4.26. The Morgan fingerprint density at radius 3 is 2.53 bits per heavy atom. The second-order valence-electron chi connectivity index (χ2n) is 4.93. The van der Waals surface area contributed by atoms with E-state index >= 15 is 0 Å². The Bertz CT molecular complexity index is 303. The van der Waals surface area contributed by atoms with Crippen LogP contribution in [0.4, 0.5) is 4.79 Å². The van der Waals surface area contributed by atoms with Gasteiger partial charge in [0.2, 0.25) is 5.91 Å². The molecule has 0 aromatic carbocycles. The number of nitrogens with one attached hydrogen (secondary N) is 1. The average molecular weight is 259 g/mol. The van der Waals surface area contributed by atoms with E-state index in [-0.39, 0.29) is 11.9 Å². The van der Waals surface area contributed by atoms with E-state index in [0.29, 0.717) is 12.0 Å². The molecule has 4 nitrogen and oxygen atoms in total. The second kappa shape index (κ2) is 5.71. The summed E-state index contributed by atoms with van der Waals surface area (Å²) in [6.45, 7) is 0.766. The monoisotopic (exact) mass is 258 g/mol. The molecule has 5 heteroatoms. The molecule has 1 aliphatic carbocycles. The number of hydrogen-bond donors (Lipinski definition) is 1. The minimum atomic E-state index is -0.409. The summed E-state index contributed by atoms with van der Waals surface area (Å²) in [4.78, 5) is 24.9. The molecule has 1 saturated heterocycles. The van der Waals surface area contributed by atoms with Crippen LogP contribution in [-0.4, -0.2) is 35.3 Å². The zero-order valence-electron chi connectivity index (χ0n) is 9.95. The molecule has 3 amide bonds. The smallest absolute Gasteiger partial charge is 0.321 e. The van der Waals surface area contributed by atoms with E-state index in [4.69, 9.17) is 11.6 Å². The molecule has 2 fully saturated rings. The number of carbonyl (C=O) groups is 2. The van der Waals surface area contributed by atoms with Gasteiger partial charge in [0.05, 0.1) is 0 Å². The van der Waals surface area contributed by atoms with Gasteiger partial charge in [-0.15, -0.1) is 11.6 Å². The third kappa shape index (κ3) is 2.92. The third-order valence-electron chi connectivity index (χ3n) is 3.87. The molecule has 1 N–H and O–H groups in total. The Balaban J connectivity index is 1.93. The van der Waals surface area contributed by atoms with Crippen LogP contribution in [0.15, 0.2) is 0 Å². The summed E-state index contributed by atoms with van der Waals surface area (Å²) in [5.74, 6) is 0.0660. The van der Waals surface area contributed by atoms with E-state index in [1.807, 2.05) is 4.90 Å². The van der Waals surface area contributed by atoms with Gasteiger partial charge >= 0.3 is 6.03 Å². The van der Waals surface area contributed by atoms with Crippen LogP contribution in [0.25, 0.3) is 0 Å². The maximum absolute atomic E-state index is 11.9. The zero-order valence-corrected chi connectivity index (χ0v) is 10.7. The molecule has 1 heterocycles. The Morgan fingerprint density at radius 2 is 1.88 bits per heavy atom. The third-order valence-corrected chi connectivity index (χ3v) is 4.11. The molecule has 1 saturated carbocycles. The Hall–Kier alpha value is -0.770. The lowest BCUT2D eigenvalue weighted by Crippen LogP contribution is -2.47. The highest BCUT2D eigenvalue weighted by molar-refractivity contribution is 6.28. The first-order chi connectivity index (χ1) is 8.22. The summed E-state index contributed by atoms with van der Waals surface area (Å²) in [5, 5.41) is 2.34. The van der Waals surface area contributed by atoms with Crippen molar-refractivity contribution in [3.8, 4) is 0 Å². The number of halogens is 1. The molecule has 0 aromatic heterocycles. The standard InChI is InChI=1S/C12H19ClN2O2/c13-8-11(16)14-12(17)15-7-3-6-10(15)9-4-1-2-5-9/h9-10H,1-8H2,(H,14,16,17). The molecule has 0 radical (unpaired) electrons. The fourth-order valence-electron chi connectivity index (χ4n) is 3.10. The van der Waals surface area contributed by atoms with Crippen LogP contribution < -0.4 is 5.32 Å². The van der Waals surface area contributed by atoms with Crippen LogP contribution in [0.5, 0.6) is 0 Å². The van der Waals surface area contributed by atoms with E-state index in [1.54, 1.807) is 0 Å². The fourth-order valence-corrected chi connectivity index (χ4v) is 3.17. The highest BCUT2D eigenvalue weighted by Gasteiger charge is 2.36. The predicted molar refractivity (Wildman–Crippen MR) is 65.9 cm³/mol. The van der Waals surface area contributed by atoms with Crippen molar-refractivity contribution in [3.63, 3.8) is 0 Å². The summed E-state index contributed by atoms with van der Waals surface area (Å²) in [7, 11) is 0. The molecule has 0 aromatic rings. The molecule has 1 unspecified atom stereocenters. The zero-order chi connectivity index (χ0) is 12.3. The molecular formula is C12H19ClN2O2. The van der Waals surface area contributed by atoms with Crippen molar-refractivity contribution >= 4 is 23.5 Å². The second-order valence-corrected chi connectivity index (χ2v) is 5.20. The molecule has 0 spiro atoms. The summed E-state index contributed by atoms with van der Waals surface area (Å²) >= 11 is 5.38. The topological polar surface area (TPSA) is 49.4 Å². The lowest BCUT2D eigenvalue weighted by atomic mass is 9.96. The lowest BCUT2D eigenvalue weighted by molar-refractivity contribution is -0.117. The molecule has 1 atom stereocenters. The van der Waals surface area contributed by atoms with Gasteiger partial charge in [0.1, 0.15) is 5.88 Å². The summed E-state index contributed by atoms with van der Waals surface area (Å²) in [5.41, 5.74) is 0. The van der Waals surface area contributed by atoms with Crippen molar-refractivity contribution in [3.05, 3.63) is 0 Å². The number of nitrogens with zero attached hydrogens (tertiary/aromatic N) is 1. The van der Waals surface area contributed by atoms with Gasteiger partial charge in [-0.05, 0) is 31.6 Å². The van der Waals surface area contributed by atoms with E-state index in [9.17, 15) is 9.59 Å². The van der Waals surface area contributed by atoms with Gasteiger partial charge in [-0.2, -0.15) is 0 Å². The number of amides is 3. The van der Waals surface area contributed by atoms with Gasteiger partial charge in [-0.25, -0.2) is 4.79 Å². The molecular weight excluding hydrogens is 240 g/mol. The predicted octanol–water partition coefficient (Wildman–Crippen LogP) is 2.12. The number of carbonyl (C=O) groups excluding carboxylic acids is 2. The largest absolute Gasteiger partial charge is 0.324 e. The highest BCUT2D eigenvalue weighted by atomic mass is 35.5. The van der Waals surface area contributed by atoms with Crippen LogP contribution in [0.1, 0.15) is 38.5 Å². The highest BCUT2D eigenvalue weighted by Crippen LogP contribution is 2.35. The van der Waals surface area contributed by atoms with Crippen LogP contribution in [0.3, 0.4) is 0 Å². The first-order valence-electron chi connectivity index (χ1n) is 6.39. The van der Waals surface area contributed by atoms with Crippen molar-refractivity contribution in [1.82, 2.24) is 10.2 Å². The number of likely N-dealkylation sites (tertiary alicyclic amines) is 1. The maximum atomic E-state index is 11.9. The number of imide groups is 1. The molecule has 17 heavy (non-hydrogen) atoms. The van der Waals surface area contributed by atoms with Gasteiger partial charge in [0.25, 0.3) is 0 Å². The van der Waals surface area contributed by atoms with Crippen molar-refractivity contribution < 1.29 is 9.59 Å². The van der Waals surface area contributed by atoms with Crippen molar-refractivity contribution in [2.24, 2.45) is 5.92 Å². The summed E-state index contributed by atoms with van der Waals surface area (Å²) in [6, 6.07) is 0.0747. The average Bonchev–Trinajstić information content (AvgIpc) is 2.98. The van der Waals surface area contributed by atoms with Crippen molar-refractivity contribution in [1.29, 1.82) is 0 Å². The number of urea groups is 1. The van der Waals surface area contributed by atoms with Crippen LogP contribution >= 0.6 is 11.6 Å². The number of hydrogen-bond acceptors (Lipinski definition) is 2. The van der Waals surface area contributed by atoms with Gasteiger partial charge in [0.15, 0.2) is 0 Å². The quantitative estimate of drug-likeness (QED) is 0.772. The molecule has 96 valence electrons. The molecule has 0 bridgehead atoms. The molecule has 2 rings (SSSR count). The first-order valence-corrected chi connectivity index (χ1v) is 6.92. The molecule has 1 aliphatic heterocycles. The van der Waals surface area contributed by atoms with Crippen molar-refractivity contribution in [2.75, 3.05) is 12.4 Å². The number of alkyl halides is 1.